The molecule has 1 saturated carbocycles. The largest absolute Gasteiger partial charge is 0.552 e. The van der Waals surface area contributed by atoms with Crippen molar-refractivity contribution in [3.63, 3.8) is 0 Å². The molecule has 7 nitrogen and oxygen atoms in total. The number of pyridine rings is 1. The van der Waals surface area contributed by atoms with Crippen molar-refractivity contribution in [1.82, 2.24) is 14.7 Å². The van der Waals surface area contributed by atoms with Crippen LogP contribution >= 0.6 is 0 Å². The molecule has 0 amide bonds. The lowest BCUT2D eigenvalue weighted by atomic mass is 9.72. The molecule has 2 aromatic heterocycles. The Hall–Kier alpha value is -1.84. The van der Waals surface area contributed by atoms with Crippen LogP contribution in [0.4, 0.5) is 0 Å². The molecular formula is C18H24BN3O4S. The van der Waals surface area contributed by atoms with Crippen LogP contribution in [0.1, 0.15) is 44.6 Å². The van der Waals surface area contributed by atoms with Crippen LogP contribution in [-0.2, 0) is 10.0 Å². The molecule has 144 valence electrons. The molecule has 4 rings (SSSR count). The molecule has 1 fully saturated rings. The van der Waals surface area contributed by atoms with Crippen molar-refractivity contribution in [1.29, 1.82) is 0 Å². The van der Waals surface area contributed by atoms with Gasteiger partial charge in [-0.05, 0) is 55.6 Å². The molecule has 0 unspecified atom stereocenters. The number of fused-ring (bicyclic) bond motifs is 3. The Kier molecular flexibility index (Phi) is 5.00. The van der Waals surface area contributed by atoms with Crippen molar-refractivity contribution in [2.75, 3.05) is 5.75 Å². The minimum Gasteiger partial charge on any atom is -0.531 e. The highest BCUT2D eigenvalue weighted by Crippen LogP contribution is 2.43. The molecule has 9 heteroatoms. The second-order valence-electron chi connectivity index (χ2n) is 7.35. The van der Waals surface area contributed by atoms with Gasteiger partial charge < -0.3 is 14.7 Å². The third-order valence-corrected chi connectivity index (χ3v) is 7.03. The Morgan fingerprint density at radius 2 is 2.15 bits per heavy atom. The first-order valence-electron chi connectivity index (χ1n) is 9.49. The van der Waals surface area contributed by atoms with E-state index >= 15 is 0 Å². The first-order valence-corrected chi connectivity index (χ1v) is 11.1. The highest BCUT2D eigenvalue weighted by Gasteiger charge is 2.33. The molecule has 2 aliphatic rings. The maximum Gasteiger partial charge on any atom is 0.552 e. The topological polar surface area (TPSA) is 104 Å². The highest BCUT2D eigenvalue weighted by atomic mass is 32.2. The lowest BCUT2D eigenvalue weighted by Gasteiger charge is -2.33. The van der Waals surface area contributed by atoms with Crippen LogP contribution in [0, 0.1) is 5.92 Å². The van der Waals surface area contributed by atoms with Crippen molar-refractivity contribution in [3.05, 3.63) is 30.0 Å². The van der Waals surface area contributed by atoms with Gasteiger partial charge in [0.2, 0.25) is 10.0 Å². The van der Waals surface area contributed by atoms with Crippen LogP contribution in [0.25, 0.3) is 16.6 Å². The lowest BCUT2D eigenvalue weighted by Crippen LogP contribution is -2.39. The number of nitrogens with one attached hydrogen (secondary N) is 2. The summed E-state index contributed by atoms with van der Waals surface area (Å²) >= 11 is 0. The summed E-state index contributed by atoms with van der Waals surface area (Å²) in [5, 5.41) is 11.1. The number of hydrogen-bond donors (Lipinski definition) is 3. The summed E-state index contributed by atoms with van der Waals surface area (Å²) in [6.45, 7) is 1.87. The maximum absolute atomic E-state index is 12.0. The first kappa shape index (κ1) is 18.5. The smallest absolute Gasteiger partial charge is 0.531 e. The monoisotopic (exact) mass is 389 g/mol. The quantitative estimate of drug-likeness (QED) is 0.681. The second kappa shape index (κ2) is 7.29. The number of rotatable bonds is 5. The molecule has 0 atom stereocenters. The van der Waals surface area contributed by atoms with Gasteiger partial charge >= 0.3 is 7.12 Å². The SMILES string of the molecule is CCCS(=O)(=O)NC1CCC(C2=CB(O)Oc3cnc4[nH]ccc4c32)CC1. The molecule has 27 heavy (non-hydrogen) atoms. The summed E-state index contributed by atoms with van der Waals surface area (Å²) in [7, 11) is -4.17. The van der Waals surface area contributed by atoms with Gasteiger partial charge in [-0.2, -0.15) is 0 Å². The molecular weight excluding hydrogens is 365 g/mol. The highest BCUT2D eigenvalue weighted by molar-refractivity contribution is 7.89. The number of nitrogens with zero attached hydrogens (tertiary/aromatic N) is 1. The summed E-state index contributed by atoms with van der Waals surface area (Å²) in [6, 6.07) is 1.97. The third kappa shape index (κ3) is 3.76. The predicted octanol–water partition coefficient (Wildman–Crippen LogP) is 2.25. The van der Waals surface area contributed by atoms with E-state index < -0.39 is 17.1 Å². The Labute approximate surface area is 159 Å². The summed E-state index contributed by atoms with van der Waals surface area (Å²) in [5.41, 5.74) is 2.85. The van der Waals surface area contributed by atoms with Crippen molar-refractivity contribution in [2.45, 2.75) is 45.1 Å². The molecule has 0 radical (unpaired) electrons. The molecule has 0 aromatic carbocycles. The van der Waals surface area contributed by atoms with Crippen LogP contribution in [0.2, 0.25) is 0 Å². The first-order chi connectivity index (χ1) is 13.0. The van der Waals surface area contributed by atoms with Gasteiger partial charge in [0.25, 0.3) is 0 Å². The molecule has 0 saturated heterocycles. The minimum absolute atomic E-state index is 0.00708. The molecule has 3 heterocycles. The van der Waals surface area contributed by atoms with Gasteiger partial charge in [0.15, 0.2) is 0 Å². The zero-order chi connectivity index (χ0) is 19.0. The van der Waals surface area contributed by atoms with Gasteiger partial charge in [0.1, 0.15) is 11.4 Å². The van der Waals surface area contributed by atoms with Crippen molar-refractivity contribution < 1.29 is 18.1 Å². The predicted molar refractivity (Wildman–Crippen MR) is 106 cm³/mol. The fourth-order valence-electron chi connectivity index (χ4n) is 4.22. The zero-order valence-corrected chi connectivity index (χ0v) is 16.1. The van der Waals surface area contributed by atoms with Crippen molar-refractivity contribution >= 4 is 33.7 Å². The molecule has 0 spiro atoms. The van der Waals surface area contributed by atoms with Gasteiger partial charge in [0.05, 0.1) is 11.9 Å². The van der Waals surface area contributed by atoms with E-state index in [0.717, 1.165) is 47.9 Å². The summed E-state index contributed by atoms with van der Waals surface area (Å²) in [5.74, 6) is 2.81. The number of hydrogen-bond acceptors (Lipinski definition) is 5. The average Bonchev–Trinajstić information content (AvgIpc) is 3.10. The van der Waals surface area contributed by atoms with Crippen LogP contribution in [0.5, 0.6) is 5.75 Å². The van der Waals surface area contributed by atoms with E-state index in [1.54, 1.807) is 12.2 Å². The van der Waals surface area contributed by atoms with E-state index in [1.807, 2.05) is 19.2 Å². The zero-order valence-electron chi connectivity index (χ0n) is 15.3. The Morgan fingerprint density at radius 3 is 2.89 bits per heavy atom. The average molecular weight is 389 g/mol. The van der Waals surface area contributed by atoms with Crippen LogP contribution < -0.4 is 9.38 Å². The molecule has 3 N–H and O–H groups in total. The normalized spacial score (nSPS) is 23.0. The summed E-state index contributed by atoms with van der Waals surface area (Å²) in [6.07, 6.45) is 7.43. The molecule has 1 aliphatic carbocycles. The lowest BCUT2D eigenvalue weighted by molar-refractivity contribution is 0.360. The van der Waals surface area contributed by atoms with Gasteiger partial charge in [0, 0.05) is 23.2 Å². The molecule has 1 aliphatic heterocycles. The van der Waals surface area contributed by atoms with E-state index in [2.05, 4.69) is 14.7 Å². The standard InChI is InChI=1S/C18H24BN3O4S/c1-2-9-27(24,25)22-13-5-3-12(4-6-13)15-10-19(23)26-16-11-21-18-14(17(15)16)7-8-20-18/h7-8,10-13,22-23H,2-6,9H2,1H3,(H,20,21). The fraction of sp³-hybridized carbons (Fsp3) is 0.500. The van der Waals surface area contributed by atoms with Gasteiger partial charge in [-0.3, -0.25) is 0 Å². The molecule has 0 bridgehead atoms. The number of aromatic nitrogens is 2. The van der Waals surface area contributed by atoms with E-state index in [1.165, 1.54) is 0 Å². The Morgan fingerprint density at radius 1 is 1.37 bits per heavy atom. The van der Waals surface area contributed by atoms with E-state index in [9.17, 15) is 13.4 Å². The fourth-order valence-corrected chi connectivity index (χ4v) is 5.62. The van der Waals surface area contributed by atoms with Crippen molar-refractivity contribution in [3.8, 4) is 5.75 Å². The number of aromatic amines is 1. The number of H-pyrrole nitrogens is 1. The van der Waals surface area contributed by atoms with Gasteiger partial charge in [-0.15, -0.1) is 0 Å². The third-order valence-electron chi connectivity index (χ3n) is 5.40. The van der Waals surface area contributed by atoms with Crippen LogP contribution in [0.3, 0.4) is 0 Å². The summed E-state index contributed by atoms with van der Waals surface area (Å²) < 4.78 is 32.4. The van der Waals surface area contributed by atoms with E-state index in [4.69, 9.17) is 4.65 Å². The number of allylic oxidation sites excluding steroid dienone is 1. The number of sulfonamides is 1. The Bertz CT molecular complexity index is 964. The van der Waals surface area contributed by atoms with Crippen LogP contribution in [0.15, 0.2) is 24.4 Å². The van der Waals surface area contributed by atoms with E-state index in [-0.39, 0.29) is 17.7 Å². The van der Waals surface area contributed by atoms with Gasteiger partial charge in [-0.25, -0.2) is 18.1 Å². The van der Waals surface area contributed by atoms with Crippen LogP contribution in [-0.4, -0.2) is 42.3 Å². The maximum atomic E-state index is 12.0. The summed E-state index contributed by atoms with van der Waals surface area (Å²) in [4.78, 5) is 7.46. The Balaban J connectivity index is 1.54. The van der Waals surface area contributed by atoms with E-state index in [0.29, 0.717) is 12.2 Å². The minimum atomic E-state index is -3.19. The second-order valence-corrected chi connectivity index (χ2v) is 9.23. The molecule has 2 aromatic rings. The van der Waals surface area contributed by atoms with Crippen molar-refractivity contribution in [2.24, 2.45) is 5.92 Å². The van der Waals surface area contributed by atoms with Gasteiger partial charge in [-0.1, -0.05) is 6.92 Å².